The number of ether oxygens (including phenoxy) is 2. The predicted octanol–water partition coefficient (Wildman–Crippen LogP) is 1.30. The van der Waals surface area contributed by atoms with E-state index < -0.39 is 34.4 Å². The third-order valence-corrected chi connectivity index (χ3v) is 7.75. The second kappa shape index (κ2) is 4.67. The average Bonchev–Trinajstić information content (AvgIpc) is 3.17. The number of aliphatic hydroxyl groups is 1. The summed E-state index contributed by atoms with van der Waals surface area (Å²) in [5.74, 6) is -1.57. The van der Waals surface area contributed by atoms with Gasteiger partial charge >= 0.3 is 0 Å². The number of carbonyl (C=O) groups excluding carboxylic acids is 3. The normalized spacial score (nSPS) is 54.9. The van der Waals surface area contributed by atoms with Gasteiger partial charge in [-0.05, 0) is 64.7 Å². The number of hydrogen-bond acceptors (Lipinski definition) is 6. The molecule has 5 aliphatic rings. The van der Waals surface area contributed by atoms with Gasteiger partial charge in [-0.2, -0.15) is 0 Å². The summed E-state index contributed by atoms with van der Waals surface area (Å²) >= 11 is 0. The lowest BCUT2D eigenvalue weighted by Gasteiger charge is -2.52. The molecule has 2 saturated carbocycles. The van der Waals surface area contributed by atoms with Crippen molar-refractivity contribution in [2.24, 2.45) is 17.3 Å². The molecule has 144 valence electrons. The third kappa shape index (κ3) is 1.60. The summed E-state index contributed by atoms with van der Waals surface area (Å²) in [6.45, 7) is 7.21. The minimum absolute atomic E-state index is 0.193. The van der Waals surface area contributed by atoms with Crippen molar-refractivity contribution >= 4 is 17.3 Å². The van der Waals surface area contributed by atoms with Crippen molar-refractivity contribution < 1.29 is 29.0 Å². The van der Waals surface area contributed by atoms with Crippen molar-refractivity contribution in [3.05, 3.63) is 23.8 Å². The van der Waals surface area contributed by atoms with Crippen molar-refractivity contribution in [3.8, 4) is 0 Å². The van der Waals surface area contributed by atoms with Crippen molar-refractivity contribution in [1.82, 2.24) is 0 Å². The number of epoxide rings is 1. The zero-order chi connectivity index (χ0) is 19.6. The highest BCUT2D eigenvalue weighted by molar-refractivity contribution is 6.20. The highest BCUT2D eigenvalue weighted by Crippen LogP contribution is 2.74. The molecule has 6 nitrogen and oxygen atoms in total. The molecule has 5 rings (SSSR count). The van der Waals surface area contributed by atoms with Gasteiger partial charge in [-0.1, -0.05) is 5.57 Å². The Bertz CT molecular complexity index is 864. The molecule has 0 radical (unpaired) electrons. The molecule has 2 saturated heterocycles. The number of Topliss-reactive ketones (excluding diaryl/α,β-unsaturated/α-hetero) is 1. The van der Waals surface area contributed by atoms with Crippen LogP contribution in [-0.4, -0.2) is 51.5 Å². The van der Waals surface area contributed by atoms with E-state index in [9.17, 15) is 19.5 Å². The number of hydrogen-bond donors (Lipinski definition) is 1. The van der Waals surface area contributed by atoms with Crippen molar-refractivity contribution in [2.45, 2.75) is 69.5 Å². The van der Waals surface area contributed by atoms with Crippen LogP contribution < -0.4 is 0 Å². The Morgan fingerprint density at radius 1 is 1.15 bits per heavy atom. The van der Waals surface area contributed by atoms with E-state index in [0.29, 0.717) is 12.8 Å². The lowest BCUT2D eigenvalue weighted by molar-refractivity contribution is -0.181. The summed E-state index contributed by atoms with van der Waals surface area (Å²) in [6.07, 6.45) is 3.77. The molecule has 0 bridgehead atoms. The van der Waals surface area contributed by atoms with E-state index in [0.717, 1.165) is 5.57 Å². The van der Waals surface area contributed by atoms with Crippen LogP contribution in [0.25, 0.3) is 0 Å². The second-order valence-corrected chi connectivity index (χ2v) is 9.39. The minimum atomic E-state index is -1.65. The van der Waals surface area contributed by atoms with Gasteiger partial charge in [0.2, 0.25) is 0 Å². The number of fused-ring (bicyclic) bond motifs is 3. The molecule has 2 heterocycles. The van der Waals surface area contributed by atoms with Crippen LogP contribution in [0.4, 0.5) is 0 Å². The Labute approximate surface area is 157 Å². The van der Waals surface area contributed by atoms with Crippen LogP contribution in [0, 0.1) is 17.3 Å². The maximum absolute atomic E-state index is 13.6. The van der Waals surface area contributed by atoms with Gasteiger partial charge in [-0.15, -0.1) is 0 Å². The summed E-state index contributed by atoms with van der Waals surface area (Å²) in [4.78, 5) is 39.9. The number of rotatable bonds is 1. The monoisotopic (exact) mass is 372 g/mol. The van der Waals surface area contributed by atoms with E-state index in [4.69, 9.17) is 9.47 Å². The molecule has 0 amide bonds. The first kappa shape index (κ1) is 17.5. The summed E-state index contributed by atoms with van der Waals surface area (Å²) in [6, 6.07) is 0. The molecule has 27 heavy (non-hydrogen) atoms. The molecule has 0 aromatic heterocycles. The van der Waals surface area contributed by atoms with E-state index >= 15 is 0 Å². The van der Waals surface area contributed by atoms with Gasteiger partial charge in [0.05, 0.1) is 11.0 Å². The van der Waals surface area contributed by atoms with Gasteiger partial charge in [0.15, 0.2) is 28.6 Å². The molecule has 2 spiro atoms. The fourth-order valence-electron chi connectivity index (χ4n) is 6.61. The smallest absolute Gasteiger partial charge is 0.194 e. The Hall–Kier alpha value is -1.63. The summed E-state index contributed by atoms with van der Waals surface area (Å²) in [5, 5.41) is 11.0. The number of ketones is 3. The van der Waals surface area contributed by atoms with Gasteiger partial charge in [-0.3, -0.25) is 14.4 Å². The Morgan fingerprint density at radius 3 is 2.48 bits per heavy atom. The molecule has 0 unspecified atom stereocenters. The fourth-order valence-corrected chi connectivity index (χ4v) is 6.61. The van der Waals surface area contributed by atoms with E-state index in [2.05, 4.69) is 0 Å². The highest BCUT2D eigenvalue weighted by Gasteiger charge is 2.93. The van der Waals surface area contributed by atoms with Gasteiger partial charge in [0.1, 0.15) is 12.2 Å². The van der Waals surface area contributed by atoms with E-state index in [1.807, 2.05) is 13.8 Å². The first-order valence-corrected chi connectivity index (χ1v) is 9.58. The molecule has 0 aromatic carbocycles. The third-order valence-electron chi connectivity index (χ3n) is 7.75. The SMILES string of the molecule is CC(C)=C[C@H]1O[C@@]23C(=O)C=CC(=O)[C@]24O[C@@H]4[C@@H]2[C@H](CC[C@]2(C)O)[C@@]3(C)C1=O. The van der Waals surface area contributed by atoms with Gasteiger partial charge in [0, 0.05) is 5.92 Å². The van der Waals surface area contributed by atoms with Gasteiger partial charge < -0.3 is 14.6 Å². The van der Waals surface area contributed by atoms with Crippen LogP contribution in [0.1, 0.15) is 40.5 Å². The maximum Gasteiger partial charge on any atom is 0.194 e. The van der Waals surface area contributed by atoms with Crippen LogP contribution in [0.5, 0.6) is 0 Å². The number of carbonyl (C=O) groups is 3. The van der Waals surface area contributed by atoms with E-state index in [1.165, 1.54) is 12.2 Å². The summed E-state index contributed by atoms with van der Waals surface area (Å²) < 4.78 is 12.2. The fraction of sp³-hybridized carbons (Fsp3) is 0.667. The molecular weight excluding hydrogens is 348 g/mol. The summed E-state index contributed by atoms with van der Waals surface area (Å²) in [7, 11) is 0. The van der Waals surface area contributed by atoms with Crippen LogP contribution in [0.15, 0.2) is 23.8 Å². The average molecular weight is 372 g/mol. The molecule has 4 fully saturated rings. The van der Waals surface area contributed by atoms with Crippen LogP contribution in [0.3, 0.4) is 0 Å². The first-order chi connectivity index (χ1) is 12.5. The van der Waals surface area contributed by atoms with Gasteiger partial charge in [0.25, 0.3) is 0 Å². The molecule has 3 aliphatic carbocycles. The lowest BCUT2D eigenvalue weighted by Crippen LogP contribution is -2.73. The zero-order valence-electron chi connectivity index (χ0n) is 15.9. The van der Waals surface area contributed by atoms with Crippen LogP contribution in [0.2, 0.25) is 0 Å². The Kier molecular flexibility index (Phi) is 3.02. The van der Waals surface area contributed by atoms with E-state index in [-0.39, 0.29) is 29.2 Å². The standard InChI is InChI=1S/C21H24O6/c1-10(2)9-12-16(24)19(4)11-7-8-18(3,25)15(11)17-20(27-17)13(22)5-6-14(23)21(19,20)26-12/h5-6,9,11-12,15,17,25H,7-8H2,1-4H3/t11-,12+,15-,17+,18-,19-,20+,21+/m0/s1. The van der Waals surface area contributed by atoms with Crippen molar-refractivity contribution in [2.75, 3.05) is 0 Å². The summed E-state index contributed by atoms with van der Waals surface area (Å²) in [5.41, 5.74) is -4.52. The van der Waals surface area contributed by atoms with E-state index in [1.54, 1.807) is 19.9 Å². The quantitative estimate of drug-likeness (QED) is 0.551. The lowest BCUT2D eigenvalue weighted by atomic mass is 9.47. The van der Waals surface area contributed by atoms with Gasteiger partial charge in [-0.25, -0.2) is 0 Å². The molecule has 2 aliphatic heterocycles. The van der Waals surface area contributed by atoms with Crippen LogP contribution in [-0.2, 0) is 23.9 Å². The molecular formula is C21H24O6. The first-order valence-electron chi connectivity index (χ1n) is 9.58. The second-order valence-electron chi connectivity index (χ2n) is 9.39. The molecule has 6 heteroatoms. The topological polar surface area (TPSA) is 93.2 Å². The maximum atomic E-state index is 13.6. The minimum Gasteiger partial charge on any atom is -0.390 e. The van der Waals surface area contributed by atoms with Crippen LogP contribution >= 0.6 is 0 Å². The number of allylic oxidation sites excluding steroid dienone is 1. The zero-order valence-corrected chi connectivity index (χ0v) is 15.9. The molecule has 0 aromatic rings. The van der Waals surface area contributed by atoms with Crippen molar-refractivity contribution in [1.29, 1.82) is 0 Å². The Balaban J connectivity index is 1.80. The molecule has 1 N–H and O–H groups in total. The predicted molar refractivity (Wildman–Crippen MR) is 93.7 cm³/mol. The van der Waals surface area contributed by atoms with Crippen molar-refractivity contribution in [3.63, 3.8) is 0 Å². The highest BCUT2D eigenvalue weighted by atomic mass is 16.7. The largest absolute Gasteiger partial charge is 0.390 e. The Morgan fingerprint density at radius 2 is 1.81 bits per heavy atom. The molecule has 8 atom stereocenters.